The fourth-order valence-corrected chi connectivity index (χ4v) is 6.70. The van der Waals surface area contributed by atoms with Crippen LogP contribution in [0.1, 0.15) is 36.0 Å². The lowest BCUT2D eigenvalue weighted by molar-refractivity contribution is -0.268. The molecule has 5 aromatic rings. The lowest BCUT2D eigenvalue weighted by Crippen LogP contribution is -2.38. The van der Waals surface area contributed by atoms with Crippen molar-refractivity contribution in [2.24, 2.45) is 5.92 Å². The van der Waals surface area contributed by atoms with Gasteiger partial charge in [-0.05, 0) is 71.8 Å². The maximum Gasteiger partial charge on any atom is 0.323 e. The molecule has 1 fully saturated rings. The van der Waals surface area contributed by atoms with Gasteiger partial charge in [0.15, 0.2) is 6.29 Å². The van der Waals surface area contributed by atoms with E-state index < -0.39 is 6.29 Å². The van der Waals surface area contributed by atoms with Crippen LogP contribution in [0.4, 0.5) is 16.2 Å². The van der Waals surface area contributed by atoms with E-state index in [0.717, 1.165) is 33.1 Å². The molecule has 0 spiro atoms. The number of rotatable bonds is 11. The highest BCUT2D eigenvalue weighted by Gasteiger charge is 2.38. The molecule has 0 radical (unpaired) electrons. The van der Waals surface area contributed by atoms with Crippen LogP contribution in [0.5, 0.6) is 17.2 Å². The number of aliphatic hydroxyl groups excluding tert-OH is 1. The number of aliphatic hydroxyl groups is 1. The van der Waals surface area contributed by atoms with Crippen molar-refractivity contribution in [2.75, 3.05) is 23.5 Å². The normalized spacial score (nSPS) is 18.9. The monoisotopic (exact) mass is 662 g/mol. The molecule has 1 saturated heterocycles. The first-order valence-corrected chi connectivity index (χ1v) is 16.7. The van der Waals surface area contributed by atoms with E-state index in [2.05, 4.69) is 17.6 Å². The summed E-state index contributed by atoms with van der Waals surface area (Å²) < 4.78 is 24.7. The molecule has 0 unspecified atom stereocenters. The van der Waals surface area contributed by atoms with Gasteiger partial charge in [0.25, 0.3) is 0 Å². The molecular formula is C39H38N2O6S. The van der Waals surface area contributed by atoms with Crippen LogP contribution < -0.4 is 20.1 Å². The SMILES string of the molecule is COc1ccccc1SC[C@@H]1O[C@H](c2cccc(NC(=O)Nc3ccc(Oc4ccccc4)cc3)c2)O[C@H](c2ccc(CO)cc2)[C@@H]1C. The van der Waals surface area contributed by atoms with Crippen LogP contribution in [0.2, 0.25) is 0 Å². The number of anilines is 2. The largest absolute Gasteiger partial charge is 0.496 e. The van der Waals surface area contributed by atoms with E-state index >= 15 is 0 Å². The molecule has 6 rings (SSSR count). The van der Waals surface area contributed by atoms with Crippen LogP contribution in [0.15, 0.2) is 132 Å². The summed E-state index contributed by atoms with van der Waals surface area (Å²) >= 11 is 1.68. The number of nitrogens with one attached hydrogen (secondary N) is 2. The van der Waals surface area contributed by atoms with Gasteiger partial charge in [0, 0.05) is 33.5 Å². The second-order valence-corrected chi connectivity index (χ2v) is 12.5. The molecule has 1 heterocycles. The summed E-state index contributed by atoms with van der Waals surface area (Å²) in [5.41, 5.74) is 3.86. The van der Waals surface area contributed by atoms with E-state index in [4.69, 9.17) is 18.9 Å². The number of carbonyl (C=O) groups excluding carboxylic acids is 1. The van der Waals surface area contributed by atoms with Gasteiger partial charge in [-0.1, -0.05) is 73.7 Å². The number of thioether (sulfide) groups is 1. The molecular weight excluding hydrogens is 625 g/mol. The third-order valence-corrected chi connectivity index (χ3v) is 9.25. The fraction of sp³-hybridized carbons (Fsp3) is 0.205. The minimum Gasteiger partial charge on any atom is -0.496 e. The average Bonchev–Trinajstić information content (AvgIpc) is 3.12. The maximum atomic E-state index is 13.0. The molecule has 4 atom stereocenters. The molecule has 2 amide bonds. The minimum atomic E-state index is -0.672. The van der Waals surface area contributed by atoms with Crippen molar-refractivity contribution in [2.45, 2.75) is 36.9 Å². The highest BCUT2D eigenvalue weighted by molar-refractivity contribution is 7.99. The van der Waals surface area contributed by atoms with Gasteiger partial charge in [-0.3, -0.25) is 0 Å². The number of ether oxygens (including phenoxy) is 4. The Morgan fingerprint density at radius 3 is 2.23 bits per heavy atom. The molecule has 1 aliphatic rings. The Balaban J connectivity index is 1.15. The molecule has 0 bridgehead atoms. The van der Waals surface area contributed by atoms with Crippen LogP contribution in [0, 0.1) is 5.92 Å². The molecule has 0 aliphatic carbocycles. The standard InChI is InChI=1S/C39H38N2O6S/c1-26-35(25-48-36-14-7-6-13-34(36)44-2)46-38(47-37(26)28-17-15-27(24-42)16-18-28)29-9-8-10-31(23-29)41-39(43)40-30-19-21-33(22-20-30)45-32-11-4-3-5-12-32/h3-23,26,35,37-38,42H,24-25H2,1-2H3,(H2,40,41,43)/t26-,35+,37+,38+/m1/s1. The fourth-order valence-electron chi connectivity index (χ4n) is 5.51. The number of hydrogen-bond donors (Lipinski definition) is 3. The van der Waals surface area contributed by atoms with Crippen LogP contribution in [0.25, 0.3) is 0 Å². The number of hydrogen-bond acceptors (Lipinski definition) is 7. The van der Waals surface area contributed by atoms with Crippen LogP contribution in [0.3, 0.4) is 0 Å². The summed E-state index contributed by atoms with van der Waals surface area (Å²) in [7, 11) is 1.67. The van der Waals surface area contributed by atoms with Crippen molar-refractivity contribution in [3.05, 3.63) is 144 Å². The first-order chi connectivity index (χ1) is 23.5. The summed E-state index contributed by atoms with van der Waals surface area (Å²) in [5, 5.41) is 15.4. The summed E-state index contributed by atoms with van der Waals surface area (Å²) in [6.07, 6.45) is -1.09. The first-order valence-electron chi connectivity index (χ1n) is 15.8. The zero-order valence-electron chi connectivity index (χ0n) is 26.7. The van der Waals surface area contributed by atoms with Gasteiger partial charge in [0.05, 0.1) is 25.9 Å². The Morgan fingerprint density at radius 2 is 1.48 bits per heavy atom. The number of benzene rings is 5. The average molecular weight is 663 g/mol. The van der Waals surface area contributed by atoms with Gasteiger partial charge in [-0.2, -0.15) is 0 Å². The smallest absolute Gasteiger partial charge is 0.323 e. The second-order valence-electron chi connectivity index (χ2n) is 11.4. The van der Waals surface area contributed by atoms with Crippen LogP contribution in [-0.4, -0.2) is 30.1 Å². The Kier molecular flexibility index (Phi) is 10.9. The van der Waals surface area contributed by atoms with Gasteiger partial charge < -0.3 is 34.7 Å². The first kappa shape index (κ1) is 33.1. The minimum absolute atomic E-state index is 0.0212. The molecule has 0 aromatic heterocycles. The highest BCUT2D eigenvalue weighted by Crippen LogP contribution is 2.44. The zero-order chi connectivity index (χ0) is 33.3. The van der Waals surface area contributed by atoms with Gasteiger partial charge in [0.1, 0.15) is 17.2 Å². The van der Waals surface area contributed by atoms with Crippen molar-refractivity contribution >= 4 is 29.2 Å². The second kappa shape index (κ2) is 15.9. The third-order valence-electron chi connectivity index (χ3n) is 8.10. The summed E-state index contributed by atoms with van der Waals surface area (Å²) in [4.78, 5) is 14.0. The van der Waals surface area contributed by atoms with E-state index in [0.29, 0.717) is 22.9 Å². The molecule has 48 heavy (non-hydrogen) atoms. The van der Waals surface area contributed by atoms with Crippen molar-refractivity contribution in [3.8, 4) is 17.2 Å². The summed E-state index contributed by atoms with van der Waals surface area (Å²) in [5.74, 6) is 2.94. The van der Waals surface area contributed by atoms with E-state index in [1.165, 1.54) is 0 Å². The predicted octanol–water partition coefficient (Wildman–Crippen LogP) is 9.21. The van der Waals surface area contributed by atoms with Crippen molar-refractivity contribution in [3.63, 3.8) is 0 Å². The number of para-hydroxylation sites is 2. The Morgan fingerprint density at radius 1 is 0.771 bits per heavy atom. The molecule has 8 nitrogen and oxygen atoms in total. The van der Waals surface area contributed by atoms with Crippen LogP contribution >= 0.6 is 11.8 Å². The van der Waals surface area contributed by atoms with Crippen molar-refractivity contribution in [1.29, 1.82) is 0 Å². The molecule has 1 aliphatic heterocycles. The third kappa shape index (κ3) is 8.37. The number of amides is 2. The topological polar surface area (TPSA) is 98.3 Å². The predicted molar refractivity (Wildman–Crippen MR) is 189 cm³/mol. The molecule has 246 valence electrons. The summed E-state index contributed by atoms with van der Waals surface area (Å²) in [6.45, 7) is 2.11. The van der Waals surface area contributed by atoms with Crippen LogP contribution in [-0.2, 0) is 16.1 Å². The maximum absolute atomic E-state index is 13.0. The Hall–Kier alpha value is -4.80. The quantitative estimate of drug-likeness (QED) is 0.121. The van der Waals surface area contributed by atoms with E-state index in [9.17, 15) is 9.90 Å². The molecule has 0 saturated carbocycles. The molecule has 5 aromatic carbocycles. The number of methoxy groups -OCH3 is 1. The highest BCUT2D eigenvalue weighted by atomic mass is 32.2. The van der Waals surface area contributed by atoms with Gasteiger partial charge in [-0.15, -0.1) is 11.8 Å². The molecule has 9 heteroatoms. The lowest BCUT2D eigenvalue weighted by atomic mass is 9.91. The molecule has 3 N–H and O–H groups in total. The number of carbonyl (C=O) groups is 1. The van der Waals surface area contributed by atoms with Gasteiger partial charge >= 0.3 is 6.03 Å². The van der Waals surface area contributed by atoms with E-state index in [-0.39, 0.29) is 30.8 Å². The van der Waals surface area contributed by atoms with Crippen molar-refractivity contribution in [1.82, 2.24) is 0 Å². The van der Waals surface area contributed by atoms with E-state index in [1.807, 2.05) is 103 Å². The zero-order valence-corrected chi connectivity index (χ0v) is 27.6. The van der Waals surface area contributed by atoms with E-state index in [1.54, 1.807) is 43.1 Å². The van der Waals surface area contributed by atoms with Gasteiger partial charge in [-0.25, -0.2) is 4.79 Å². The Bertz CT molecular complexity index is 1790. The Labute approximate surface area is 285 Å². The lowest BCUT2D eigenvalue weighted by Gasteiger charge is -2.41. The number of urea groups is 1. The summed E-state index contributed by atoms with van der Waals surface area (Å²) in [6, 6.07) is 39.6. The van der Waals surface area contributed by atoms with Gasteiger partial charge in [0.2, 0.25) is 0 Å². The van der Waals surface area contributed by atoms with Crippen molar-refractivity contribution < 1.29 is 28.8 Å².